The van der Waals surface area contributed by atoms with Crippen molar-refractivity contribution in [1.29, 1.82) is 21.0 Å². The van der Waals surface area contributed by atoms with Crippen molar-refractivity contribution >= 4 is 7.81 Å². The van der Waals surface area contributed by atoms with Gasteiger partial charge >= 0.3 is 55.4 Å². The van der Waals surface area contributed by atoms with Gasteiger partial charge in [-0.15, -0.1) is 0 Å². The molecule has 0 aliphatic heterocycles. The maximum atomic E-state index is 9.87. The van der Waals surface area contributed by atoms with Crippen molar-refractivity contribution in [2.45, 2.75) is 27.7 Å². The molecule has 0 aliphatic rings. The van der Waals surface area contributed by atoms with Crippen LogP contribution in [0.4, 0.5) is 25.2 Å². The minimum Gasteiger partial charge on any atom is 1.00 e. The summed E-state index contributed by atoms with van der Waals surface area (Å²) in [4.78, 5) is 0. The molecule has 4 nitrogen and oxygen atoms in total. The summed E-state index contributed by atoms with van der Waals surface area (Å²) in [5.74, 6) is 0. The summed E-state index contributed by atoms with van der Waals surface area (Å²) in [6.45, 7) is 5.72. The SMILES string of the molecule is CC#N.CC#N.CC#N.CC#N.F[P-](F)(F)(F)(F)F.[Ag+]. The summed E-state index contributed by atoms with van der Waals surface area (Å²) in [7, 11) is -10.7. The maximum absolute atomic E-state index is 10.7. The fourth-order valence-corrected chi connectivity index (χ4v) is 0. The smallest absolute Gasteiger partial charge is 1.00 e. The Hall–Kier alpha value is -1.29. The molecule has 0 unspecified atom stereocenters. The molecule has 0 rings (SSSR count). The predicted molar refractivity (Wildman–Crippen MR) is 58.7 cm³/mol. The van der Waals surface area contributed by atoms with E-state index in [-0.39, 0.29) is 22.4 Å². The molecule has 0 fully saturated rings. The van der Waals surface area contributed by atoms with Crippen LogP contribution in [0.1, 0.15) is 27.7 Å². The van der Waals surface area contributed by atoms with E-state index in [1.54, 1.807) is 24.3 Å². The molecule has 0 bridgehead atoms. The summed E-state index contributed by atoms with van der Waals surface area (Å²) >= 11 is 0. The van der Waals surface area contributed by atoms with Crippen molar-refractivity contribution in [3.8, 4) is 24.3 Å². The van der Waals surface area contributed by atoms with Crippen LogP contribution in [0.25, 0.3) is 0 Å². The molecule has 0 amide bonds. The van der Waals surface area contributed by atoms with Gasteiger partial charge in [-0.3, -0.25) is 0 Å². The van der Waals surface area contributed by atoms with Gasteiger partial charge in [0.05, 0.1) is 24.3 Å². The van der Waals surface area contributed by atoms with Gasteiger partial charge in [0.2, 0.25) is 0 Å². The second-order valence-corrected chi connectivity index (χ2v) is 3.77. The zero-order chi connectivity index (χ0) is 17.2. The van der Waals surface area contributed by atoms with Crippen molar-refractivity contribution in [1.82, 2.24) is 0 Å². The third-order valence-corrected chi connectivity index (χ3v) is 0. The van der Waals surface area contributed by atoms with Crippen molar-refractivity contribution in [3.63, 3.8) is 0 Å². The third kappa shape index (κ3) is 2480. The number of rotatable bonds is 0. The number of hydrogen-bond donors (Lipinski definition) is 0. The molecule has 20 heavy (non-hydrogen) atoms. The number of hydrogen-bond acceptors (Lipinski definition) is 4. The molecule has 0 aromatic heterocycles. The van der Waals surface area contributed by atoms with E-state index in [4.69, 9.17) is 21.0 Å². The first-order chi connectivity index (χ1) is 8.11. The first-order valence-electron chi connectivity index (χ1n) is 3.91. The largest absolute Gasteiger partial charge is 1.00 e. The van der Waals surface area contributed by atoms with E-state index in [1.165, 1.54) is 27.7 Å². The van der Waals surface area contributed by atoms with Gasteiger partial charge in [0.25, 0.3) is 0 Å². The van der Waals surface area contributed by atoms with Gasteiger partial charge in [0.1, 0.15) is 0 Å². The van der Waals surface area contributed by atoms with Gasteiger partial charge in [-0.2, -0.15) is 21.0 Å². The molecule has 0 saturated heterocycles. The Morgan fingerprint density at radius 3 is 0.550 bits per heavy atom. The van der Waals surface area contributed by atoms with Gasteiger partial charge in [0, 0.05) is 27.7 Å². The predicted octanol–water partition coefficient (Wildman–Crippen LogP) is 5.50. The fourth-order valence-electron chi connectivity index (χ4n) is 0. The first kappa shape index (κ1) is 36.3. The molecule has 0 heterocycles. The Bertz CT molecular complexity index is 307. The molecule has 0 aromatic carbocycles. The summed E-state index contributed by atoms with van der Waals surface area (Å²) in [5.41, 5.74) is 0. The molecule has 0 spiro atoms. The molecular weight excluding hydrogens is 405 g/mol. The maximum Gasteiger partial charge on any atom is 1.00 e. The van der Waals surface area contributed by atoms with Crippen molar-refractivity contribution < 1.29 is 47.6 Å². The Balaban J connectivity index is -0.0000000326. The summed E-state index contributed by atoms with van der Waals surface area (Å²) < 4.78 is 59.2. The van der Waals surface area contributed by atoms with E-state index in [0.29, 0.717) is 0 Å². The molecule has 122 valence electrons. The zero-order valence-electron chi connectivity index (χ0n) is 10.8. The molecule has 0 N–H and O–H groups in total. The van der Waals surface area contributed by atoms with E-state index in [0.717, 1.165) is 0 Å². The Kier molecular flexibility index (Phi) is 28.6. The van der Waals surface area contributed by atoms with Crippen LogP contribution in [0, 0.1) is 45.3 Å². The average Bonchev–Trinajstić information content (AvgIpc) is 2.01. The second kappa shape index (κ2) is 15.8. The van der Waals surface area contributed by atoms with Crippen LogP contribution in [0.5, 0.6) is 0 Å². The molecule has 0 aliphatic carbocycles. The van der Waals surface area contributed by atoms with E-state index >= 15 is 0 Å². The average molecular weight is 417 g/mol. The van der Waals surface area contributed by atoms with Crippen LogP contribution in [0.15, 0.2) is 0 Å². The molecule has 0 radical (unpaired) electrons. The van der Waals surface area contributed by atoms with Crippen molar-refractivity contribution in [2.75, 3.05) is 0 Å². The standard InChI is InChI=1S/4C2H3N.Ag.F6P/c4*1-2-3;;1-7(2,3,4,5)6/h4*1H3;;/q;;;;+1;-1. The molecular formula is C8H12AgF6N4P. The number of halogens is 6. The number of nitrogens with zero attached hydrogens (tertiary/aromatic N) is 4. The zero-order valence-corrected chi connectivity index (χ0v) is 13.2. The van der Waals surface area contributed by atoms with E-state index in [2.05, 4.69) is 0 Å². The topological polar surface area (TPSA) is 95.2 Å². The van der Waals surface area contributed by atoms with Gasteiger partial charge in [0.15, 0.2) is 0 Å². The van der Waals surface area contributed by atoms with Gasteiger partial charge < -0.3 is 0 Å². The van der Waals surface area contributed by atoms with E-state index in [1.807, 2.05) is 0 Å². The number of nitriles is 4. The summed E-state index contributed by atoms with van der Waals surface area (Å²) in [6.07, 6.45) is 0. The van der Waals surface area contributed by atoms with Crippen LogP contribution in [0.2, 0.25) is 0 Å². The van der Waals surface area contributed by atoms with Gasteiger partial charge in [-0.25, -0.2) is 0 Å². The Morgan fingerprint density at radius 2 is 0.550 bits per heavy atom. The van der Waals surface area contributed by atoms with Crippen LogP contribution < -0.4 is 0 Å². The molecule has 0 aromatic rings. The second-order valence-electron chi connectivity index (χ2n) is 1.85. The quantitative estimate of drug-likeness (QED) is 0.296. The van der Waals surface area contributed by atoms with Crippen LogP contribution >= 0.6 is 7.81 Å². The van der Waals surface area contributed by atoms with Crippen molar-refractivity contribution in [3.05, 3.63) is 0 Å². The fraction of sp³-hybridized carbons (Fsp3) is 0.500. The van der Waals surface area contributed by atoms with Crippen molar-refractivity contribution in [2.24, 2.45) is 0 Å². The Morgan fingerprint density at radius 1 is 0.550 bits per heavy atom. The monoisotopic (exact) mass is 416 g/mol. The minimum absolute atomic E-state index is 0. The van der Waals surface area contributed by atoms with E-state index < -0.39 is 7.81 Å². The van der Waals surface area contributed by atoms with Crippen LogP contribution in [-0.4, -0.2) is 0 Å². The van der Waals surface area contributed by atoms with Gasteiger partial charge in [-0.05, 0) is 0 Å². The molecule has 0 atom stereocenters. The van der Waals surface area contributed by atoms with E-state index in [9.17, 15) is 25.2 Å². The van der Waals surface area contributed by atoms with Gasteiger partial charge in [-0.1, -0.05) is 0 Å². The van der Waals surface area contributed by atoms with Crippen LogP contribution in [-0.2, 0) is 22.4 Å². The molecule has 0 saturated carbocycles. The summed E-state index contributed by atoms with van der Waals surface area (Å²) in [6, 6.07) is 7.00. The van der Waals surface area contributed by atoms with Crippen LogP contribution in [0.3, 0.4) is 0 Å². The summed E-state index contributed by atoms with van der Waals surface area (Å²) in [5, 5.41) is 29.3. The Labute approximate surface area is 129 Å². The first-order valence-corrected chi connectivity index (χ1v) is 5.94. The minimum atomic E-state index is -10.7. The normalized spacial score (nSPS) is 9.70. The molecule has 12 heteroatoms. The third-order valence-electron chi connectivity index (χ3n) is 0.